The van der Waals surface area contributed by atoms with Crippen LogP contribution in [0, 0.1) is 0 Å². The summed E-state index contributed by atoms with van der Waals surface area (Å²) in [4.78, 5) is 4.61. The second-order valence-electron chi connectivity index (χ2n) is 6.59. The topological polar surface area (TPSA) is 12.9 Å². The van der Waals surface area contributed by atoms with E-state index < -0.39 is 0 Å². The lowest BCUT2D eigenvalue weighted by molar-refractivity contribution is 0.443. The van der Waals surface area contributed by atoms with Crippen LogP contribution in [0.3, 0.4) is 0 Å². The Labute approximate surface area is 128 Å². The number of pyridine rings is 1. The van der Waals surface area contributed by atoms with Crippen LogP contribution in [0.5, 0.6) is 0 Å². The highest BCUT2D eigenvalue weighted by Crippen LogP contribution is 2.33. The molecule has 1 heterocycles. The third kappa shape index (κ3) is 3.34. The summed E-state index contributed by atoms with van der Waals surface area (Å²) in [5.74, 6) is 1.32. The fourth-order valence-corrected chi connectivity index (χ4v) is 3.28. The van der Waals surface area contributed by atoms with E-state index in [-0.39, 0.29) is 0 Å². The summed E-state index contributed by atoms with van der Waals surface area (Å²) >= 11 is 0. The van der Waals surface area contributed by atoms with Crippen molar-refractivity contribution in [2.45, 2.75) is 57.8 Å². The average Bonchev–Trinajstić information content (AvgIpc) is 2.56. The van der Waals surface area contributed by atoms with Crippen molar-refractivity contribution in [3.63, 3.8) is 0 Å². The van der Waals surface area contributed by atoms with Gasteiger partial charge in [0.25, 0.3) is 0 Å². The molecule has 1 aliphatic rings. The fourth-order valence-electron chi connectivity index (χ4n) is 3.28. The van der Waals surface area contributed by atoms with Crippen LogP contribution in [0.4, 0.5) is 0 Å². The van der Waals surface area contributed by atoms with Gasteiger partial charge < -0.3 is 0 Å². The molecule has 1 heteroatoms. The van der Waals surface area contributed by atoms with Crippen molar-refractivity contribution in [1.29, 1.82) is 0 Å². The lowest BCUT2D eigenvalue weighted by Crippen LogP contribution is -2.04. The molecule has 0 unspecified atom stereocenters. The lowest BCUT2D eigenvalue weighted by Gasteiger charge is -2.22. The minimum absolute atomic E-state index is 0.542. The Bertz CT molecular complexity index is 560. The number of aromatic nitrogens is 1. The predicted molar refractivity (Wildman–Crippen MR) is 89.6 cm³/mol. The second-order valence-corrected chi connectivity index (χ2v) is 6.59. The van der Waals surface area contributed by atoms with E-state index in [4.69, 9.17) is 0 Å². The number of nitrogens with zero attached hydrogens (tertiary/aromatic N) is 1. The number of rotatable bonds is 3. The monoisotopic (exact) mass is 279 g/mol. The Morgan fingerprint density at radius 3 is 2.19 bits per heavy atom. The van der Waals surface area contributed by atoms with Gasteiger partial charge in [-0.15, -0.1) is 0 Å². The molecule has 1 aromatic heterocycles. The van der Waals surface area contributed by atoms with Crippen LogP contribution >= 0.6 is 0 Å². The van der Waals surface area contributed by atoms with Crippen molar-refractivity contribution < 1.29 is 0 Å². The minimum atomic E-state index is 0.542. The molecule has 21 heavy (non-hydrogen) atoms. The lowest BCUT2D eigenvalue weighted by atomic mass is 9.84. The molecule has 1 fully saturated rings. The van der Waals surface area contributed by atoms with E-state index in [1.54, 1.807) is 0 Å². The minimum Gasteiger partial charge on any atom is -0.256 e. The first-order valence-corrected chi connectivity index (χ1v) is 8.30. The second kappa shape index (κ2) is 6.43. The van der Waals surface area contributed by atoms with Gasteiger partial charge in [0.1, 0.15) is 0 Å². The summed E-state index contributed by atoms with van der Waals surface area (Å²) in [6.07, 6.45) is 8.94. The maximum atomic E-state index is 4.61. The Balaban J connectivity index is 1.76. The summed E-state index contributed by atoms with van der Waals surface area (Å²) in [5, 5.41) is 0. The van der Waals surface area contributed by atoms with Crippen LogP contribution < -0.4 is 0 Å². The molecule has 0 N–H and O–H groups in total. The van der Waals surface area contributed by atoms with Crippen molar-refractivity contribution in [3.8, 4) is 11.3 Å². The van der Waals surface area contributed by atoms with Gasteiger partial charge in [-0.1, -0.05) is 63.4 Å². The van der Waals surface area contributed by atoms with Crippen LogP contribution in [0.25, 0.3) is 11.3 Å². The molecule has 0 bridgehead atoms. The predicted octanol–water partition coefficient (Wildman–Crippen LogP) is 5.92. The van der Waals surface area contributed by atoms with Gasteiger partial charge in [0.05, 0.1) is 5.69 Å². The van der Waals surface area contributed by atoms with Crippen LogP contribution in [0.2, 0.25) is 0 Å². The van der Waals surface area contributed by atoms with Gasteiger partial charge in [-0.2, -0.15) is 0 Å². The molecule has 110 valence electrons. The first-order chi connectivity index (χ1) is 10.2. The molecule has 0 amide bonds. The number of benzene rings is 1. The number of hydrogen-bond acceptors (Lipinski definition) is 1. The quantitative estimate of drug-likeness (QED) is 0.679. The third-order valence-electron chi connectivity index (χ3n) is 4.74. The summed E-state index contributed by atoms with van der Waals surface area (Å²) in [7, 11) is 0. The van der Waals surface area contributed by atoms with E-state index in [0.717, 1.165) is 11.6 Å². The molecule has 3 rings (SSSR count). The smallest absolute Gasteiger partial charge is 0.0702 e. The van der Waals surface area contributed by atoms with Gasteiger partial charge in [0, 0.05) is 11.8 Å². The largest absolute Gasteiger partial charge is 0.256 e. The van der Waals surface area contributed by atoms with Gasteiger partial charge in [0.2, 0.25) is 0 Å². The molecule has 0 aliphatic heterocycles. The summed E-state index contributed by atoms with van der Waals surface area (Å²) in [5.41, 5.74) is 5.12. The molecule has 0 spiro atoms. The molecule has 1 nitrogen and oxygen atoms in total. The molecule has 2 aromatic rings. The fraction of sp³-hybridized carbons (Fsp3) is 0.450. The normalized spacial score (nSPS) is 16.3. The maximum absolute atomic E-state index is 4.61. The van der Waals surface area contributed by atoms with Gasteiger partial charge >= 0.3 is 0 Å². The molecule has 1 aliphatic carbocycles. The van der Waals surface area contributed by atoms with Gasteiger partial charge in [0.15, 0.2) is 0 Å². The molecular weight excluding hydrogens is 254 g/mol. The van der Waals surface area contributed by atoms with E-state index in [0.29, 0.717) is 5.92 Å². The van der Waals surface area contributed by atoms with Crippen LogP contribution in [0.1, 0.15) is 68.9 Å². The highest BCUT2D eigenvalue weighted by Gasteiger charge is 2.15. The summed E-state index contributed by atoms with van der Waals surface area (Å²) in [6, 6.07) is 13.4. The van der Waals surface area contributed by atoms with Gasteiger partial charge in [-0.3, -0.25) is 4.98 Å². The first-order valence-electron chi connectivity index (χ1n) is 8.30. The van der Waals surface area contributed by atoms with E-state index >= 15 is 0 Å². The molecule has 0 saturated heterocycles. The molecule has 1 aromatic carbocycles. The number of hydrogen-bond donors (Lipinski definition) is 0. The van der Waals surface area contributed by atoms with E-state index in [1.807, 2.05) is 6.20 Å². The van der Waals surface area contributed by atoms with Crippen molar-refractivity contribution in [1.82, 2.24) is 4.98 Å². The molecule has 0 atom stereocenters. The zero-order valence-electron chi connectivity index (χ0n) is 13.2. The average molecular weight is 279 g/mol. The molecular formula is C20H25N. The SMILES string of the molecule is CC(C)c1ccc(-c2ccc(C3CCCCC3)cc2)nc1. The zero-order chi connectivity index (χ0) is 14.7. The highest BCUT2D eigenvalue weighted by atomic mass is 14.7. The van der Waals surface area contributed by atoms with Crippen LogP contribution in [-0.4, -0.2) is 4.98 Å². The van der Waals surface area contributed by atoms with Crippen molar-refractivity contribution >= 4 is 0 Å². The zero-order valence-corrected chi connectivity index (χ0v) is 13.2. The van der Waals surface area contributed by atoms with Crippen molar-refractivity contribution in [3.05, 3.63) is 53.7 Å². The van der Waals surface area contributed by atoms with Crippen molar-refractivity contribution in [2.24, 2.45) is 0 Å². The van der Waals surface area contributed by atoms with E-state index in [9.17, 15) is 0 Å². The highest BCUT2D eigenvalue weighted by molar-refractivity contribution is 5.59. The first kappa shape index (κ1) is 14.3. The Hall–Kier alpha value is -1.63. The Morgan fingerprint density at radius 2 is 1.62 bits per heavy atom. The van der Waals surface area contributed by atoms with Crippen LogP contribution in [-0.2, 0) is 0 Å². The Morgan fingerprint density at radius 1 is 0.905 bits per heavy atom. The van der Waals surface area contributed by atoms with E-state index in [1.165, 1.54) is 48.8 Å². The Kier molecular flexibility index (Phi) is 4.38. The van der Waals surface area contributed by atoms with Gasteiger partial charge in [-0.25, -0.2) is 0 Å². The summed E-state index contributed by atoms with van der Waals surface area (Å²) < 4.78 is 0. The molecule has 1 saturated carbocycles. The van der Waals surface area contributed by atoms with E-state index in [2.05, 4.69) is 55.2 Å². The molecule has 0 radical (unpaired) electrons. The summed E-state index contributed by atoms with van der Waals surface area (Å²) in [6.45, 7) is 4.41. The standard InChI is InChI=1S/C20H25N/c1-15(2)19-12-13-20(21-14-19)18-10-8-17(9-11-18)16-6-4-3-5-7-16/h8-16H,3-7H2,1-2H3. The van der Waals surface area contributed by atoms with Crippen LogP contribution in [0.15, 0.2) is 42.6 Å². The maximum Gasteiger partial charge on any atom is 0.0702 e. The third-order valence-corrected chi connectivity index (χ3v) is 4.74. The van der Waals surface area contributed by atoms with Crippen molar-refractivity contribution in [2.75, 3.05) is 0 Å². The van der Waals surface area contributed by atoms with Gasteiger partial charge in [-0.05, 0) is 41.9 Å².